The van der Waals surface area contributed by atoms with Crippen molar-refractivity contribution < 1.29 is 9.52 Å². The fourth-order valence-corrected chi connectivity index (χ4v) is 2.27. The van der Waals surface area contributed by atoms with Gasteiger partial charge in [0.1, 0.15) is 12.0 Å². The van der Waals surface area contributed by atoms with Crippen molar-refractivity contribution in [2.45, 2.75) is 32.8 Å². The lowest BCUT2D eigenvalue weighted by Gasteiger charge is -2.30. The number of rotatable bonds is 4. The second kappa shape index (κ2) is 5.46. The molecule has 1 saturated heterocycles. The van der Waals surface area contributed by atoms with Crippen molar-refractivity contribution in [3.63, 3.8) is 0 Å². The lowest BCUT2D eigenvalue weighted by Crippen LogP contribution is -2.34. The van der Waals surface area contributed by atoms with Crippen LogP contribution in [0.15, 0.2) is 10.7 Å². The number of likely N-dealkylation sites (tertiary alicyclic amines) is 1. The van der Waals surface area contributed by atoms with Crippen molar-refractivity contribution >= 4 is 0 Å². The SMILES string of the molecule is CCN1CCC(Cc2nc(CO)co2)CC1. The highest BCUT2D eigenvalue weighted by Crippen LogP contribution is 2.21. The van der Waals surface area contributed by atoms with Crippen LogP contribution in [0.5, 0.6) is 0 Å². The van der Waals surface area contributed by atoms with Gasteiger partial charge in [0, 0.05) is 6.42 Å². The van der Waals surface area contributed by atoms with Crippen molar-refractivity contribution in [1.82, 2.24) is 9.88 Å². The van der Waals surface area contributed by atoms with Crippen molar-refractivity contribution in [3.05, 3.63) is 17.8 Å². The van der Waals surface area contributed by atoms with Crippen LogP contribution in [-0.2, 0) is 13.0 Å². The summed E-state index contributed by atoms with van der Waals surface area (Å²) in [6, 6.07) is 0. The molecule has 0 aliphatic carbocycles. The van der Waals surface area contributed by atoms with Crippen LogP contribution in [0.25, 0.3) is 0 Å². The fourth-order valence-electron chi connectivity index (χ4n) is 2.27. The molecule has 0 unspecified atom stereocenters. The van der Waals surface area contributed by atoms with Crippen molar-refractivity contribution in [1.29, 1.82) is 0 Å². The summed E-state index contributed by atoms with van der Waals surface area (Å²) in [5.41, 5.74) is 0.640. The maximum atomic E-state index is 8.89. The van der Waals surface area contributed by atoms with Crippen LogP contribution < -0.4 is 0 Å². The Balaban J connectivity index is 1.82. The van der Waals surface area contributed by atoms with Crippen molar-refractivity contribution in [2.24, 2.45) is 5.92 Å². The first-order valence-electron chi connectivity index (χ1n) is 6.08. The van der Waals surface area contributed by atoms with E-state index in [-0.39, 0.29) is 6.61 Å². The molecule has 1 aromatic heterocycles. The van der Waals surface area contributed by atoms with Gasteiger partial charge in [-0.1, -0.05) is 6.92 Å². The molecule has 1 N–H and O–H groups in total. The van der Waals surface area contributed by atoms with E-state index in [4.69, 9.17) is 9.52 Å². The highest BCUT2D eigenvalue weighted by molar-refractivity contribution is 4.95. The van der Waals surface area contributed by atoms with E-state index in [1.165, 1.54) is 25.9 Å². The molecule has 2 heterocycles. The molecule has 1 fully saturated rings. The number of aliphatic hydroxyl groups is 1. The second-order valence-electron chi connectivity index (χ2n) is 4.47. The summed E-state index contributed by atoms with van der Waals surface area (Å²) in [4.78, 5) is 6.71. The molecule has 0 aromatic carbocycles. The zero-order valence-electron chi connectivity index (χ0n) is 9.85. The van der Waals surface area contributed by atoms with Gasteiger partial charge in [-0.2, -0.15) is 0 Å². The van der Waals surface area contributed by atoms with Gasteiger partial charge in [0.25, 0.3) is 0 Å². The van der Waals surface area contributed by atoms with Gasteiger partial charge >= 0.3 is 0 Å². The summed E-state index contributed by atoms with van der Waals surface area (Å²) in [5, 5.41) is 8.89. The Bertz CT molecular complexity index is 317. The summed E-state index contributed by atoms with van der Waals surface area (Å²) in [6.45, 7) is 5.71. The lowest BCUT2D eigenvalue weighted by atomic mass is 9.93. The minimum absolute atomic E-state index is 0.0300. The van der Waals surface area contributed by atoms with Crippen LogP contribution in [0.2, 0.25) is 0 Å². The Morgan fingerprint density at radius 3 is 2.81 bits per heavy atom. The first-order chi connectivity index (χ1) is 7.81. The molecule has 4 nitrogen and oxygen atoms in total. The fraction of sp³-hybridized carbons (Fsp3) is 0.750. The lowest BCUT2D eigenvalue weighted by molar-refractivity contribution is 0.187. The third-order valence-corrected chi connectivity index (χ3v) is 3.38. The number of hydrogen-bond donors (Lipinski definition) is 1. The predicted molar refractivity (Wildman–Crippen MR) is 61.0 cm³/mol. The molecular formula is C12H20N2O2. The zero-order valence-corrected chi connectivity index (χ0v) is 9.85. The molecule has 1 aliphatic heterocycles. The number of oxazole rings is 1. The van der Waals surface area contributed by atoms with Crippen LogP contribution in [0.1, 0.15) is 31.4 Å². The van der Waals surface area contributed by atoms with Gasteiger partial charge < -0.3 is 14.4 Å². The molecule has 16 heavy (non-hydrogen) atoms. The molecular weight excluding hydrogens is 204 g/mol. The molecule has 0 radical (unpaired) electrons. The van der Waals surface area contributed by atoms with Gasteiger partial charge in [0.15, 0.2) is 5.89 Å². The Kier molecular flexibility index (Phi) is 3.96. The summed E-state index contributed by atoms with van der Waals surface area (Å²) >= 11 is 0. The molecule has 90 valence electrons. The van der Waals surface area contributed by atoms with Crippen molar-refractivity contribution in [3.8, 4) is 0 Å². The zero-order chi connectivity index (χ0) is 11.4. The van der Waals surface area contributed by atoms with Crippen molar-refractivity contribution in [2.75, 3.05) is 19.6 Å². The third-order valence-electron chi connectivity index (χ3n) is 3.38. The quantitative estimate of drug-likeness (QED) is 0.840. The standard InChI is InChI=1S/C12H20N2O2/c1-2-14-5-3-10(4-6-14)7-12-13-11(8-15)9-16-12/h9-10,15H,2-8H2,1H3. The van der Waals surface area contributed by atoms with E-state index in [0.717, 1.165) is 18.9 Å². The van der Waals surface area contributed by atoms with Gasteiger partial charge in [-0.25, -0.2) is 4.98 Å². The van der Waals surface area contributed by atoms with E-state index in [0.29, 0.717) is 11.6 Å². The van der Waals surface area contributed by atoms with Crippen LogP contribution in [0.4, 0.5) is 0 Å². The van der Waals surface area contributed by atoms with Crippen LogP contribution >= 0.6 is 0 Å². The summed E-state index contributed by atoms with van der Waals surface area (Å²) in [6.07, 6.45) is 4.92. The van der Waals surface area contributed by atoms with Gasteiger partial charge in [-0.3, -0.25) is 0 Å². The molecule has 2 rings (SSSR count). The number of hydrogen-bond acceptors (Lipinski definition) is 4. The normalized spacial score (nSPS) is 19.1. The third kappa shape index (κ3) is 2.83. The first kappa shape index (κ1) is 11.6. The van der Waals surface area contributed by atoms with E-state index in [9.17, 15) is 0 Å². The molecule has 0 bridgehead atoms. The van der Waals surface area contributed by atoms with E-state index in [1.54, 1.807) is 6.26 Å². The minimum Gasteiger partial charge on any atom is -0.449 e. The largest absolute Gasteiger partial charge is 0.449 e. The topological polar surface area (TPSA) is 49.5 Å². The summed E-state index contributed by atoms with van der Waals surface area (Å²) < 4.78 is 5.33. The highest BCUT2D eigenvalue weighted by atomic mass is 16.3. The number of aliphatic hydroxyl groups excluding tert-OH is 1. The molecule has 0 atom stereocenters. The second-order valence-corrected chi connectivity index (χ2v) is 4.47. The molecule has 0 amide bonds. The van der Waals surface area contributed by atoms with E-state index < -0.39 is 0 Å². The number of piperidine rings is 1. The first-order valence-corrected chi connectivity index (χ1v) is 6.08. The van der Waals surface area contributed by atoms with E-state index in [2.05, 4.69) is 16.8 Å². The molecule has 4 heteroatoms. The molecule has 1 aromatic rings. The summed E-state index contributed by atoms with van der Waals surface area (Å²) in [7, 11) is 0. The molecule has 1 aliphatic rings. The Labute approximate surface area is 96.3 Å². The Morgan fingerprint density at radius 1 is 1.50 bits per heavy atom. The Morgan fingerprint density at radius 2 is 2.25 bits per heavy atom. The van der Waals surface area contributed by atoms with Crippen LogP contribution in [-0.4, -0.2) is 34.6 Å². The molecule has 0 saturated carbocycles. The highest BCUT2D eigenvalue weighted by Gasteiger charge is 2.20. The van der Waals surface area contributed by atoms with Gasteiger partial charge in [-0.15, -0.1) is 0 Å². The monoisotopic (exact) mass is 224 g/mol. The van der Waals surface area contributed by atoms with Crippen LogP contribution in [0, 0.1) is 5.92 Å². The average Bonchev–Trinajstić information content (AvgIpc) is 2.78. The smallest absolute Gasteiger partial charge is 0.194 e. The Hall–Kier alpha value is -0.870. The maximum Gasteiger partial charge on any atom is 0.194 e. The van der Waals surface area contributed by atoms with Gasteiger partial charge in [-0.05, 0) is 38.4 Å². The van der Waals surface area contributed by atoms with Gasteiger partial charge in [0.05, 0.1) is 6.61 Å². The van der Waals surface area contributed by atoms with E-state index >= 15 is 0 Å². The van der Waals surface area contributed by atoms with Crippen LogP contribution in [0.3, 0.4) is 0 Å². The van der Waals surface area contributed by atoms with E-state index in [1.807, 2.05) is 0 Å². The van der Waals surface area contributed by atoms with Gasteiger partial charge in [0.2, 0.25) is 0 Å². The number of nitrogens with zero attached hydrogens (tertiary/aromatic N) is 2. The maximum absolute atomic E-state index is 8.89. The molecule has 0 spiro atoms. The minimum atomic E-state index is -0.0300. The number of aromatic nitrogens is 1. The average molecular weight is 224 g/mol. The predicted octanol–water partition coefficient (Wildman–Crippen LogP) is 1.44. The summed E-state index contributed by atoms with van der Waals surface area (Å²) in [5.74, 6) is 1.46.